The highest BCUT2D eigenvalue weighted by Crippen LogP contribution is 2.34. The first-order chi connectivity index (χ1) is 18.5. The topological polar surface area (TPSA) is 96.2 Å². The second kappa shape index (κ2) is 9.99. The van der Waals surface area contributed by atoms with E-state index in [1.807, 2.05) is 48.7 Å². The zero-order valence-electron chi connectivity index (χ0n) is 20.2. The summed E-state index contributed by atoms with van der Waals surface area (Å²) in [5.41, 5.74) is 3.56. The number of nitrogens with one attached hydrogen (secondary N) is 1. The Labute approximate surface area is 224 Å². The number of hydrogen-bond donors (Lipinski definition) is 1. The van der Waals surface area contributed by atoms with Crippen molar-refractivity contribution in [3.8, 4) is 5.69 Å². The maximum atomic E-state index is 13.4. The molecule has 8 nitrogen and oxygen atoms in total. The van der Waals surface area contributed by atoms with Gasteiger partial charge in [0.15, 0.2) is 10.8 Å². The number of nitrogens with zero attached hydrogens (tertiary/aromatic N) is 5. The van der Waals surface area contributed by atoms with Gasteiger partial charge in [0, 0.05) is 6.42 Å². The van der Waals surface area contributed by atoms with E-state index in [-0.39, 0.29) is 34.2 Å². The lowest BCUT2D eigenvalue weighted by atomic mass is 10.00. The maximum absolute atomic E-state index is 13.4. The fraction of sp³-hybridized carbons (Fsp3) is 0.148. The first-order valence-electron chi connectivity index (χ1n) is 11.8. The van der Waals surface area contributed by atoms with Crippen molar-refractivity contribution in [1.82, 2.24) is 24.8 Å². The van der Waals surface area contributed by atoms with Crippen LogP contribution in [-0.2, 0) is 4.79 Å². The summed E-state index contributed by atoms with van der Waals surface area (Å²) < 4.78 is 14.9. The first-order valence-corrected chi connectivity index (χ1v) is 13.7. The fourth-order valence-electron chi connectivity index (χ4n) is 4.31. The van der Waals surface area contributed by atoms with E-state index in [0.717, 1.165) is 33.5 Å². The summed E-state index contributed by atoms with van der Waals surface area (Å²) in [6.45, 7) is 2.03. The summed E-state index contributed by atoms with van der Waals surface area (Å²) in [6, 6.07) is 17.6. The number of carbonyl (C=O) groups is 1. The van der Waals surface area contributed by atoms with Crippen molar-refractivity contribution >= 4 is 45.8 Å². The third kappa shape index (κ3) is 4.66. The number of benzene rings is 2. The number of halogens is 1. The van der Waals surface area contributed by atoms with Gasteiger partial charge >= 0.3 is 0 Å². The van der Waals surface area contributed by atoms with Gasteiger partial charge in [-0.2, -0.15) is 10.2 Å². The average Bonchev–Trinajstić information content (AvgIpc) is 3.68. The highest BCUT2D eigenvalue weighted by molar-refractivity contribution is 7.99. The molecule has 11 heteroatoms. The number of aryl methyl sites for hydroxylation is 1. The van der Waals surface area contributed by atoms with Crippen LogP contribution in [0.4, 0.5) is 4.39 Å². The Kier molecular flexibility index (Phi) is 6.38. The van der Waals surface area contributed by atoms with Gasteiger partial charge in [-0.1, -0.05) is 47.7 Å². The predicted molar refractivity (Wildman–Crippen MR) is 146 cm³/mol. The van der Waals surface area contributed by atoms with E-state index in [1.165, 1.54) is 23.0 Å². The number of rotatable bonds is 6. The van der Waals surface area contributed by atoms with Crippen molar-refractivity contribution in [2.24, 2.45) is 5.10 Å². The summed E-state index contributed by atoms with van der Waals surface area (Å²) in [5, 5.41) is 13.1. The van der Waals surface area contributed by atoms with E-state index in [1.54, 1.807) is 28.5 Å². The van der Waals surface area contributed by atoms with Gasteiger partial charge in [0.05, 0.1) is 34.3 Å². The minimum Gasteiger partial charge on any atom is -0.301 e. The van der Waals surface area contributed by atoms with Crippen LogP contribution in [0.5, 0.6) is 0 Å². The van der Waals surface area contributed by atoms with Crippen LogP contribution in [0.25, 0.3) is 16.7 Å². The van der Waals surface area contributed by atoms with Crippen LogP contribution >= 0.6 is 23.1 Å². The number of aromatic nitrogens is 4. The number of hydrogen-bond acceptors (Lipinski definition) is 7. The van der Waals surface area contributed by atoms with Gasteiger partial charge in [-0.3, -0.25) is 9.59 Å². The molecule has 0 bridgehead atoms. The van der Waals surface area contributed by atoms with Crippen molar-refractivity contribution in [2.75, 3.05) is 5.75 Å². The zero-order chi connectivity index (χ0) is 26.2. The van der Waals surface area contributed by atoms with E-state index >= 15 is 0 Å². The second-order valence-electron chi connectivity index (χ2n) is 8.82. The van der Waals surface area contributed by atoms with Crippen LogP contribution in [0.15, 0.2) is 87.3 Å². The summed E-state index contributed by atoms with van der Waals surface area (Å²) >= 11 is 2.72. The standard InChI is InChI=1S/C27H21FN6O2S2/c1-16-4-6-17(7-5-16)22-13-21(23-3-2-12-37-23)32-34(22)24(35)15-38-27-30-25-20(26(36)31-27)14-29-33(25)19-10-8-18(28)9-11-19/h2-12,14,22H,13,15H2,1H3,(H,30,31,36)/t22-/m0/s1. The molecule has 0 radical (unpaired) electrons. The highest BCUT2D eigenvalue weighted by atomic mass is 32.2. The Bertz CT molecular complexity index is 1710. The third-order valence-electron chi connectivity index (χ3n) is 6.25. The van der Waals surface area contributed by atoms with Crippen molar-refractivity contribution in [2.45, 2.75) is 24.5 Å². The Morgan fingerprint density at radius 3 is 2.68 bits per heavy atom. The number of fused-ring (bicyclic) bond motifs is 1. The molecule has 5 aromatic rings. The lowest BCUT2D eigenvalue weighted by molar-refractivity contribution is -0.130. The lowest BCUT2D eigenvalue weighted by Crippen LogP contribution is -2.28. The molecule has 0 saturated carbocycles. The third-order valence-corrected chi connectivity index (χ3v) is 8.03. The number of hydrazone groups is 1. The van der Waals surface area contributed by atoms with Crippen LogP contribution in [0.2, 0.25) is 0 Å². The minimum atomic E-state index is -0.374. The van der Waals surface area contributed by atoms with Crippen molar-refractivity contribution in [3.05, 3.63) is 104 Å². The molecular weight excluding hydrogens is 523 g/mol. The van der Waals surface area contributed by atoms with E-state index in [9.17, 15) is 14.0 Å². The van der Waals surface area contributed by atoms with Crippen LogP contribution in [0, 0.1) is 12.7 Å². The van der Waals surface area contributed by atoms with Gasteiger partial charge in [-0.15, -0.1) is 11.3 Å². The minimum absolute atomic E-state index is 0.0305. The normalized spacial score (nSPS) is 15.3. The Morgan fingerprint density at radius 1 is 1.16 bits per heavy atom. The largest absolute Gasteiger partial charge is 0.301 e. The van der Waals surface area contributed by atoms with E-state index in [4.69, 9.17) is 5.10 Å². The molecule has 1 atom stereocenters. The number of thioether (sulfide) groups is 1. The molecule has 0 unspecified atom stereocenters. The van der Waals surface area contributed by atoms with Crippen molar-refractivity contribution in [3.63, 3.8) is 0 Å². The van der Waals surface area contributed by atoms with Gasteiger partial charge in [0.25, 0.3) is 11.5 Å². The molecule has 3 aromatic heterocycles. The monoisotopic (exact) mass is 544 g/mol. The number of H-pyrrole nitrogens is 1. The SMILES string of the molecule is Cc1ccc([C@@H]2CC(c3cccs3)=NN2C(=O)CSc2nc3c(cnn3-c3ccc(F)cc3)c(=O)[nH]2)cc1. The van der Waals surface area contributed by atoms with Gasteiger partial charge in [-0.05, 0) is 48.2 Å². The van der Waals surface area contributed by atoms with Crippen molar-refractivity contribution in [1.29, 1.82) is 0 Å². The molecule has 1 aliphatic rings. The molecule has 38 heavy (non-hydrogen) atoms. The van der Waals surface area contributed by atoms with Crippen LogP contribution in [0.3, 0.4) is 0 Å². The second-order valence-corrected chi connectivity index (χ2v) is 10.7. The predicted octanol–water partition coefficient (Wildman–Crippen LogP) is 5.09. The Balaban J connectivity index is 1.26. The zero-order valence-corrected chi connectivity index (χ0v) is 21.8. The van der Waals surface area contributed by atoms with E-state index < -0.39 is 0 Å². The van der Waals surface area contributed by atoms with Crippen LogP contribution < -0.4 is 5.56 Å². The summed E-state index contributed by atoms with van der Waals surface area (Å²) in [5.74, 6) is -0.536. The van der Waals surface area contributed by atoms with E-state index in [2.05, 4.69) is 15.1 Å². The molecule has 6 rings (SSSR count). The highest BCUT2D eigenvalue weighted by Gasteiger charge is 2.33. The molecule has 0 saturated heterocycles. The molecule has 2 aromatic carbocycles. The quantitative estimate of drug-likeness (QED) is 0.237. The number of carbonyl (C=O) groups excluding carboxylic acids is 1. The molecule has 0 aliphatic carbocycles. The van der Waals surface area contributed by atoms with E-state index in [0.29, 0.717) is 23.1 Å². The lowest BCUT2D eigenvalue weighted by Gasteiger charge is -2.22. The number of amides is 1. The molecule has 4 heterocycles. The molecule has 1 N–H and O–H groups in total. The number of aromatic amines is 1. The van der Waals surface area contributed by atoms with Gasteiger partial charge in [0.1, 0.15) is 11.2 Å². The fourth-order valence-corrected chi connectivity index (χ4v) is 5.74. The molecular formula is C27H21FN6O2S2. The van der Waals surface area contributed by atoms with Crippen molar-refractivity contribution < 1.29 is 9.18 Å². The Morgan fingerprint density at radius 2 is 1.95 bits per heavy atom. The molecule has 190 valence electrons. The molecule has 1 amide bonds. The first kappa shape index (κ1) is 24.3. The van der Waals surface area contributed by atoms with Gasteiger partial charge < -0.3 is 4.98 Å². The number of thiophene rings is 1. The smallest absolute Gasteiger partial charge is 0.262 e. The summed E-state index contributed by atoms with van der Waals surface area (Å²) in [4.78, 5) is 34.4. The van der Waals surface area contributed by atoms with Crippen LogP contribution in [0.1, 0.15) is 28.5 Å². The van der Waals surface area contributed by atoms with Gasteiger partial charge in [0.2, 0.25) is 0 Å². The maximum Gasteiger partial charge on any atom is 0.262 e. The van der Waals surface area contributed by atoms with Crippen LogP contribution in [-0.4, -0.2) is 42.1 Å². The molecule has 0 fully saturated rings. The molecule has 1 aliphatic heterocycles. The van der Waals surface area contributed by atoms with Gasteiger partial charge in [-0.25, -0.2) is 19.1 Å². The average molecular weight is 545 g/mol. The summed E-state index contributed by atoms with van der Waals surface area (Å²) in [7, 11) is 0. The summed E-state index contributed by atoms with van der Waals surface area (Å²) in [6.07, 6.45) is 2.04. The Hall–Kier alpha value is -4.09. The molecule has 0 spiro atoms.